The first kappa shape index (κ1) is 12.9. The molecule has 1 fully saturated rings. The fourth-order valence-corrected chi connectivity index (χ4v) is 3.32. The number of hydrogen-bond acceptors (Lipinski definition) is 3. The van der Waals surface area contributed by atoms with Crippen molar-refractivity contribution >= 4 is 0 Å². The Morgan fingerprint density at radius 3 is 2.74 bits per heavy atom. The number of piperazine rings is 1. The van der Waals surface area contributed by atoms with Crippen LogP contribution >= 0.6 is 0 Å². The van der Waals surface area contributed by atoms with Gasteiger partial charge in [-0.25, -0.2) is 0 Å². The first-order valence-corrected chi connectivity index (χ1v) is 7.36. The summed E-state index contributed by atoms with van der Waals surface area (Å²) in [5.74, 6) is 1.09. The maximum atomic E-state index is 6.10. The molecule has 104 valence electrons. The van der Waals surface area contributed by atoms with Crippen molar-refractivity contribution in [2.75, 3.05) is 19.6 Å². The second kappa shape index (κ2) is 5.14. The first-order valence-electron chi connectivity index (χ1n) is 7.36. The number of benzene rings is 1. The summed E-state index contributed by atoms with van der Waals surface area (Å²) >= 11 is 0. The average Bonchev–Trinajstić information content (AvgIpc) is 2.75. The summed E-state index contributed by atoms with van der Waals surface area (Å²) in [5.41, 5.74) is 2.70. The highest BCUT2D eigenvalue weighted by atomic mass is 16.5. The van der Waals surface area contributed by atoms with Gasteiger partial charge in [-0.1, -0.05) is 17.7 Å². The van der Waals surface area contributed by atoms with Gasteiger partial charge in [0.2, 0.25) is 0 Å². The third-order valence-electron chi connectivity index (χ3n) is 4.38. The van der Waals surface area contributed by atoms with Crippen molar-refractivity contribution in [3.63, 3.8) is 0 Å². The van der Waals surface area contributed by atoms with Crippen LogP contribution in [0.15, 0.2) is 18.2 Å². The summed E-state index contributed by atoms with van der Waals surface area (Å²) in [4.78, 5) is 2.58. The monoisotopic (exact) mass is 260 g/mol. The van der Waals surface area contributed by atoms with Crippen molar-refractivity contribution < 1.29 is 4.74 Å². The van der Waals surface area contributed by atoms with Crippen LogP contribution < -0.4 is 10.1 Å². The van der Waals surface area contributed by atoms with E-state index in [1.807, 2.05) is 0 Å². The van der Waals surface area contributed by atoms with Crippen molar-refractivity contribution in [1.29, 1.82) is 0 Å². The van der Waals surface area contributed by atoms with Gasteiger partial charge in [-0.3, -0.25) is 4.90 Å². The average molecular weight is 260 g/mol. The van der Waals surface area contributed by atoms with Crippen LogP contribution in [0.1, 0.15) is 25.0 Å². The molecule has 0 spiro atoms. The molecule has 2 heterocycles. The standard InChI is InChI=1S/C16H24N2O/c1-11-4-5-16-14(6-11)7-15(19-16)10-18-12(2)8-17-9-13(18)3/h4-6,12-13,15,17H,7-10H2,1-3H3. The summed E-state index contributed by atoms with van der Waals surface area (Å²) in [5, 5.41) is 3.48. The lowest BCUT2D eigenvalue weighted by Gasteiger charge is -2.40. The zero-order valence-corrected chi connectivity index (χ0v) is 12.1. The SMILES string of the molecule is Cc1ccc2c(c1)CC(CN1C(C)CNCC1C)O2. The van der Waals surface area contributed by atoms with Crippen LogP contribution in [-0.2, 0) is 6.42 Å². The molecule has 1 aromatic carbocycles. The molecule has 0 amide bonds. The molecular weight excluding hydrogens is 236 g/mol. The molecule has 0 bridgehead atoms. The zero-order chi connectivity index (χ0) is 13.4. The fourth-order valence-electron chi connectivity index (χ4n) is 3.32. The van der Waals surface area contributed by atoms with E-state index in [-0.39, 0.29) is 0 Å². The summed E-state index contributed by atoms with van der Waals surface area (Å²) in [6.07, 6.45) is 1.38. The lowest BCUT2D eigenvalue weighted by Crippen LogP contribution is -2.57. The molecule has 0 aromatic heterocycles. The smallest absolute Gasteiger partial charge is 0.123 e. The van der Waals surface area contributed by atoms with Crippen LogP contribution in [0.4, 0.5) is 0 Å². The Hall–Kier alpha value is -1.06. The molecule has 19 heavy (non-hydrogen) atoms. The maximum Gasteiger partial charge on any atom is 0.123 e. The minimum atomic E-state index is 0.319. The predicted molar refractivity (Wildman–Crippen MR) is 77.8 cm³/mol. The molecule has 2 aliphatic heterocycles. The third kappa shape index (κ3) is 2.63. The zero-order valence-electron chi connectivity index (χ0n) is 12.1. The lowest BCUT2D eigenvalue weighted by atomic mass is 10.0. The van der Waals surface area contributed by atoms with E-state index >= 15 is 0 Å². The van der Waals surface area contributed by atoms with Gasteiger partial charge >= 0.3 is 0 Å². The lowest BCUT2D eigenvalue weighted by molar-refractivity contribution is 0.0687. The highest BCUT2D eigenvalue weighted by molar-refractivity contribution is 5.40. The van der Waals surface area contributed by atoms with Crippen molar-refractivity contribution in [2.45, 2.75) is 45.4 Å². The van der Waals surface area contributed by atoms with Gasteiger partial charge in [-0.2, -0.15) is 0 Å². The van der Waals surface area contributed by atoms with Crippen LogP contribution in [0.3, 0.4) is 0 Å². The molecule has 3 heteroatoms. The first-order chi connectivity index (χ1) is 9.13. The van der Waals surface area contributed by atoms with Gasteiger partial charge in [-0.15, -0.1) is 0 Å². The maximum absolute atomic E-state index is 6.10. The Morgan fingerprint density at radius 2 is 2.00 bits per heavy atom. The van der Waals surface area contributed by atoms with E-state index in [2.05, 4.69) is 49.2 Å². The van der Waals surface area contributed by atoms with Gasteiger partial charge in [0.1, 0.15) is 11.9 Å². The minimum Gasteiger partial charge on any atom is -0.488 e. The van der Waals surface area contributed by atoms with Crippen molar-refractivity contribution in [2.24, 2.45) is 0 Å². The molecule has 1 N–H and O–H groups in total. The van der Waals surface area contributed by atoms with Crippen molar-refractivity contribution in [1.82, 2.24) is 10.2 Å². The van der Waals surface area contributed by atoms with Crippen LogP contribution in [0.5, 0.6) is 5.75 Å². The van der Waals surface area contributed by atoms with Crippen molar-refractivity contribution in [3.05, 3.63) is 29.3 Å². The Morgan fingerprint density at radius 1 is 1.26 bits per heavy atom. The van der Waals surface area contributed by atoms with E-state index < -0.39 is 0 Å². The van der Waals surface area contributed by atoms with Gasteiger partial charge in [0, 0.05) is 38.1 Å². The van der Waals surface area contributed by atoms with Crippen LogP contribution in [0.25, 0.3) is 0 Å². The Kier molecular flexibility index (Phi) is 3.50. The van der Waals surface area contributed by atoms with Gasteiger partial charge in [0.05, 0.1) is 0 Å². The summed E-state index contributed by atoms with van der Waals surface area (Å²) < 4.78 is 6.10. The second-order valence-corrected chi connectivity index (χ2v) is 6.11. The van der Waals surface area contributed by atoms with Crippen LogP contribution in [0, 0.1) is 6.92 Å². The number of hydrogen-bond donors (Lipinski definition) is 1. The van der Waals surface area contributed by atoms with Gasteiger partial charge in [0.15, 0.2) is 0 Å². The summed E-state index contributed by atoms with van der Waals surface area (Å²) in [7, 11) is 0. The molecular formula is C16H24N2O. The molecule has 2 aliphatic rings. The van der Waals surface area contributed by atoms with Crippen molar-refractivity contribution in [3.8, 4) is 5.75 Å². The topological polar surface area (TPSA) is 24.5 Å². The largest absolute Gasteiger partial charge is 0.488 e. The Bertz CT molecular complexity index is 450. The molecule has 1 saturated heterocycles. The number of aryl methyl sites for hydroxylation is 1. The van der Waals surface area contributed by atoms with Crippen LogP contribution in [-0.4, -0.2) is 42.7 Å². The number of fused-ring (bicyclic) bond motifs is 1. The fraction of sp³-hybridized carbons (Fsp3) is 0.625. The summed E-state index contributed by atoms with van der Waals surface area (Å²) in [6, 6.07) is 7.71. The van der Waals surface area contributed by atoms with E-state index in [0.29, 0.717) is 18.2 Å². The normalized spacial score (nSPS) is 31.0. The van der Waals surface area contributed by atoms with Crippen LogP contribution in [0.2, 0.25) is 0 Å². The molecule has 3 atom stereocenters. The highest BCUT2D eigenvalue weighted by Crippen LogP contribution is 2.30. The quantitative estimate of drug-likeness (QED) is 0.880. The summed E-state index contributed by atoms with van der Waals surface area (Å²) in [6.45, 7) is 9.96. The number of ether oxygens (including phenoxy) is 1. The van der Waals surface area contributed by atoms with Gasteiger partial charge in [0.25, 0.3) is 0 Å². The van der Waals surface area contributed by atoms with E-state index in [1.165, 1.54) is 11.1 Å². The molecule has 0 saturated carbocycles. The number of nitrogens with zero attached hydrogens (tertiary/aromatic N) is 1. The van der Waals surface area contributed by atoms with E-state index in [4.69, 9.17) is 4.74 Å². The highest BCUT2D eigenvalue weighted by Gasteiger charge is 2.30. The van der Waals surface area contributed by atoms with Gasteiger partial charge in [-0.05, 0) is 32.4 Å². The Balaban J connectivity index is 1.66. The molecule has 3 rings (SSSR count). The second-order valence-electron chi connectivity index (χ2n) is 6.11. The molecule has 3 unspecified atom stereocenters. The predicted octanol–water partition coefficient (Wildman–Crippen LogP) is 1.98. The number of rotatable bonds is 2. The third-order valence-corrected chi connectivity index (χ3v) is 4.38. The minimum absolute atomic E-state index is 0.319. The molecule has 1 aromatic rings. The number of nitrogens with one attached hydrogen (secondary N) is 1. The Labute approximate surface area is 115 Å². The van der Waals surface area contributed by atoms with E-state index in [1.54, 1.807) is 0 Å². The molecule has 0 radical (unpaired) electrons. The molecule has 0 aliphatic carbocycles. The van der Waals surface area contributed by atoms with Gasteiger partial charge < -0.3 is 10.1 Å². The van der Waals surface area contributed by atoms with E-state index in [9.17, 15) is 0 Å². The van der Waals surface area contributed by atoms with E-state index in [0.717, 1.165) is 31.8 Å². The molecule has 3 nitrogen and oxygen atoms in total.